The average molecular weight is 745 g/mol. The Balaban J connectivity index is 2.50. The Hall–Kier alpha value is -2.18. The number of rotatable bonds is 31. The Morgan fingerprint density at radius 2 is 1.55 bits per heavy atom. The van der Waals surface area contributed by atoms with E-state index in [1.807, 2.05) is 24.3 Å². The third-order valence-corrected chi connectivity index (χ3v) is 9.42. The largest absolute Gasteiger partial charge is 0.472 e. The molecule has 1 rings (SSSR count). The van der Waals surface area contributed by atoms with Crippen molar-refractivity contribution in [1.82, 2.24) is 0 Å². The molecule has 4 N–H and O–H groups in total. The number of aliphatic hydroxyl groups is 3. The molecule has 1 aliphatic rings. The molecule has 12 nitrogen and oxygen atoms in total. The molecule has 0 bridgehead atoms. The molecule has 0 fully saturated rings. The fourth-order valence-corrected chi connectivity index (χ4v) is 6.19. The van der Waals surface area contributed by atoms with E-state index in [9.17, 15) is 34.1 Å². The number of aliphatic hydroxyl groups excluding tert-OH is 3. The quantitative estimate of drug-likeness (QED) is 0.0255. The van der Waals surface area contributed by atoms with E-state index in [2.05, 4.69) is 25.3 Å². The highest BCUT2D eigenvalue weighted by molar-refractivity contribution is 7.47. The predicted molar refractivity (Wildman–Crippen MR) is 195 cm³/mol. The highest BCUT2D eigenvalue weighted by Gasteiger charge is 2.28. The smallest absolute Gasteiger partial charge is 0.462 e. The number of carbonyl (C=O) groups is 3. The van der Waals surface area contributed by atoms with Crippen LogP contribution in [0.25, 0.3) is 0 Å². The SMILES string of the molecule is CCCCC[C@H](O)/C=C/[C@H]1C(=O)C=C[C@@H]1C/C=C\CCCC(=O)OC[C@H](COP(=O)(O)OC[C@@H](O)CO)OC(=O)CCCCCCCCC(C)C. The minimum atomic E-state index is -4.66. The molecule has 1 aliphatic carbocycles. The maximum atomic E-state index is 12.5. The topological polar surface area (TPSA) is 186 Å². The highest BCUT2D eigenvalue weighted by Crippen LogP contribution is 2.43. The van der Waals surface area contributed by atoms with Crippen LogP contribution in [0.4, 0.5) is 0 Å². The van der Waals surface area contributed by atoms with Gasteiger partial charge < -0.3 is 29.7 Å². The number of phosphoric ester groups is 1. The summed E-state index contributed by atoms with van der Waals surface area (Å²) in [4.78, 5) is 47.2. The lowest BCUT2D eigenvalue weighted by Crippen LogP contribution is -2.29. The van der Waals surface area contributed by atoms with E-state index in [0.29, 0.717) is 38.0 Å². The molecule has 0 saturated heterocycles. The van der Waals surface area contributed by atoms with E-state index in [1.165, 1.54) is 12.8 Å². The van der Waals surface area contributed by atoms with Crippen LogP contribution in [-0.2, 0) is 37.5 Å². The highest BCUT2D eigenvalue weighted by atomic mass is 31.2. The molecule has 0 heterocycles. The third kappa shape index (κ3) is 24.6. The van der Waals surface area contributed by atoms with Gasteiger partial charge in [0.05, 0.1) is 25.9 Å². The second-order valence-corrected chi connectivity index (χ2v) is 15.2. The van der Waals surface area contributed by atoms with Gasteiger partial charge in [0.2, 0.25) is 0 Å². The van der Waals surface area contributed by atoms with Crippen LogP contribution in [0.2, 0.25) is 0 Å². The number of phosphoric acid groups is 1. The summed E-state index contributed by atoms with van der Waals surface area (Å²) < 4.78 is 32.5. The molecule has 0 aromatic rings. The minimum Gasteiger partial charge on any atom is -0.462 e. The van der Waals surface area contributed by atoms with E-state index in [1.54, 1.807) is 12.2 Å². The van der Waals surface area contributed by atoms with Gasteiger partial charge in [-0.25, -0.2) is 4.57 Å². The van der Waals surface area contributed by atoms with Crippen LogP contribution >= 0.6 is 7.82 Å². The van der Waals surface area contributed by atoms with Crippen molar-refractivity contribution in [1.29, 1.82) is 0 Å². The van der Waals surface area contributed by atoms with Crippen molar-refractivity contribution < 1.29 is 57.7 Å². The number of allylic oxidation sites excluding steroid dienone is 5. The molecular weight excluding hydrogens is 679 g/mol. The fourth-order valence-electron chi connectivity index (χ4n) is 5.40. The summed E-state index contributed by atoms with van der Waals surface area (Å²) in [6, 6.07) is 0. The summed E-state index contributed by atoms with van der Waals surface area (Å²) in [6.07, 6.45) is 20.8. The van der Waals surface area contributed by atoms with Crippen LogP contribution in [0.1, 0.15) is 124 Å². The zero-order valence-electron chi connectivity index (χ0n) is 31.1. The third-order valence-electron chi connectivity index (χ3n) is 8.47. The first-order valence-electron chi connectivity index (χ1n) is 18.9. The van der Waals surface area contributed by atoms with Crippen LogP contribution in [0, 0.1) is 17.8 Å². The molecule has 0 saturated carbocycles. The van der Waals surface area contributed by atoms with E-state index < -0.39 is 57.9 Å². The normalized spacial score (nSPS) is 19.2. The van der Waals surface area contributed by atoms with Crippen molar-refractivity contribution in [2.24, 2.45) is 17.8 Å². The van der Waals surface area contributed by atoms with Gasteiger partial charge >= 0.3 is 19.8 Å². The van der Waals surface area contributed by atoms with Crippen LogP contribution in [0.15, 0.2) is 36.5 Å². The molecule has 0 radical (unpaired) electrons. The van der Waals surface area contributed by atoms with Gasteiger partial charge in [0, 0.05) is 18.8 Å². The Morgan fingerprint density at radius 1 is 0.882 bits per heavy atom. The molecular formula is C38H65O12P. The van der Waals surface area contributed by atoms with Crippen LogP contribution < -0.4 is 0 Å². The van der Waals surface area contributed by atoms with Gasteiger partial charge in [0.15, 0.2) is 11.9 Å². The molecule has 0 aromatic carbocycles. The van der Waals surface area contributed by atoms with Crippen LogP contribution in [0.3, 0.4) is 0 Å². The van der Waals surface area contributed by atoms with Gasteiger partial charge in [-0.2, -0.15) is 0 Å². The number of ether oxygens (including phenoxy) is 2. The summed E-state index contributed by atoms with van der Waals surface area (Å²) in [7, 11) is -4.66. The van der Waals surface area contributed by atoms with Gasteiger partial charge in [-0.15, -0.1) is 0 Å². The zero-order valence-corrected chi connectivity index (χ0v) is 32.0. The number of ketones is 1. The summed E-state index contributed by atoms with van der Waals surface area (Å²) >= 11 is 0. The molecule has 0 aliphatic heterocycles. The van der Waals surface area contributed by atoms with Crippen LogP contribution in [0.5, 0.6) is 0 Å². The van der Waals surface area contributed by atoms with E-state index in [-0.39, 0.29) is 37.1 Å². The first-order valence-corrected chi connectivity index (χ1v) is 20.4. The molecule has 294 valence electrons. The molecule has 1 unspecified atom stereocenters. The maximum Gasteiger partial charge on any atom is 0.472 e. The van der Waals surface area contributed by atoms with Gasteiger partial charge in [-0.05, 0) is 50.0 Å². The van der Waals surface area contributed by atoms with Crippen molar-refractivity contribution in [3.05, 3.63) is 36.5 Å². The van der Waals surface area contributed by atoms with Gasteiger partial charge in [0.1, 0.15) is 12.7 Å². The molecule has 6 atom stereocenters. The summed E-state index contributed by atoms with van der Waals surface area (Å²) in [5.41, 5.74) is 0. The average Bonchev–Trinajstić information content (AvgIpc) is 3.44. The first kappa shape index (κ1) is 46.8. The number of hydrogen-bond acceptors (Lipinski definition) is 11. The van der Waals surface area contributed by atoms with E-state index >= 15 is 0 Å². The summed E-state index contributed by atoms with van der Waals surface area (Å²) in [5, 5.41) is 28.4. The Labute approximate surface area is 305 Å². The molecule has 13 heteroatoms. The van der Waals surface area contributed by atoms with Crippen LogP contribution in [-0.4, -0.2) is 82.7 Å². The fraction of sp³-hybridized carbons (Fsp3) is 0.763. The monoisotopic (exact) mass is 744 g/mol. The summed E-state index contributed by atoms with van der Waals surface area (Å²) in [5.74, 6) is -0.643. The lowest BCUT2D eigenvalue weighted by atomic mass is 9.90. The number of carbonyl (C=O) groups excluding carboxylic acids is 3. The Morgan fingerprint density at radius 3 is 2.25 bits per heavy atom. The minimum absolute atomic E-state index is 0.0126. The molecule has 0 aromatic heterocycles. The van der Waals surface area contributed by atoms with E-state index in [0.717, 1.165) is 44.9 Å². The molecule has 51 heavy (non-hydrogen) atoms. The zero-order chi connectivity index (χ0) is 37.9. The predicted octanol–water partition coefficient (Wildman–Crippen LogP) is 6.69. The van der Waals surface area contributed by atoms with Crippen molar-refractivity contribution in [3.63, 3.8) is 0 Å². The number of unbranched alkanes of at least 4 members (excludes halogenated alkanes) is 8. The van der Waals surface area contributed by atoms with Crippen molar-refractivity contribution in [2.75, 3.05) is 26.4 Å². The van der Waals surface area contributed by atoms with Gasteiger partial charge in [0.25, 0.3) is 0 Å². The molecule has 0 spiro atoms. The van der Waals surface area contributed by atoms with Crippen molar-refractivity contribution in [3.8, 4) is 0 Å². The van der Waals surface area contributed by atoms with Crippen molar-refractivity contribution in [2.45, 2.75) is 142 Å². The second-order valence-electron chi connectivity index (χ2n) is 13.7. The lowest BCUT2D eigenvalue weighted by molar-refractivity contribution is -0.161. The first-order chi connectivity index (χ1) is 24.4. The Bertz CT molecular complexity index is 1100. The molecule has 0 amide bonds. The van der Waals surface area contributed by atoms with Crippen molar-refractivity contribution >= 4 is 25.5 Å². The maximum absolute atomic E-state index is 12.5. The van der Waals surface area contributed by atoms with Gasteiger partial charge in [-0.3, -0.25) is 23.4 Å². The summed E-state index contributed by atoms with van der Waals surface area (Å²) in [6.45, 7) is 4.22. The number of hydrogen-bond donors (Lipinski definition) is 4. The van der Waals surface area contributed by atoms with E-state index in [4.69, 9.17) is 19.1 Å². The lowest BCUT2D eigenvalue weighted by Gasteiger charge is -2.20. The second kappa shape index (κ2) is 28.3. The van der Waals surface area contributed by atoms with Gasteiger partial charge in [-0.1, -0.05) is 109 Å². The number of esters is 2. The standard InChI is InChI=1S/C38H65O12P/c1-4-5-12-19-32(40)23-24-35-31(22-25-36(35)42)18-14-10-11-15-20-37(43)47-28-34(29-49-51(45,46)48-27-33(41)26-39)50-38(44)21-16-9-7-6-8-13-17-30(2)3/h10,14,22-25,30-35,39-41H,4-9,11-13,15-21,26-29H2,1-3H3,(H,45,46)/b14-10-,24-23+/t31-,32-,33-,34+,35+/m0/s1. The Kier molecular flexibility index (Phi) is 26.0.